The lowest BCUT2D eigenvalue weighted by Gasteiger charge is -2.30. The van der Waals surface area contributed by atoms with Crippen molar-refractivity contribution in [2.24, 2.45) is 11.8 Å². The molecule has 2 unspecified atom stereocenters. The van der Waals surface area contributed by atoms with E-state index in [2.05, 4.69) is 22.5 Å². The molecular weight excluding hydrogens is 226 g/mol. The van der Waals surface area contributed by atoms with Gasteiger partial charge >= 0.3 is 0 Å². The molecule has 1 saturated carbocycles. The maximum Gasteiger partial charge on any atom is 0.234 e. The molecular formula is C14H27N3O. The van der Waals surface area contributed by atoms with Gasteiger partial charge in [-0.1, -0.05) is 26.2 Å². The summed E-state index contributed by atoms with van der Waals surface area (Å²) < 4.78 is 0. The maximum atomic E-state index is 11.9. The molecule has 2 rings (SSSR count). The van der Waals surface area contributed by atoms with Gasteiger partial charge in [-0.3, -0.25) is 9.69 Å². The Morgan fingerprint density at radius 2 is 2.00 bits per heavy atom. The highest BCUT2D eigenvalue weighted by atomic mass is 16.2. The average molecular weight is 253 g/mol. The van der Waals surface area contributed by atoms with E-state index in [0.717, 1.165) is 38.6 Å². The van der Waals surface area contributed by atoms with Gasteiger partial charge in [0, 0.05) is 32.7 Å². The Labute approximate surface area is 110 Å². The van der Waals surface area contributed by atoms with Crippen LogP contribution in [0.15, 0.2) is 0 Å². The van der Waals surface area contributed by atoms with Crippen molar-refractivity contribution in [3.05, 3.63) is 0 Å². The van der Waals surface area contributed by atoms with Crippen molar-refractivity contribution in [1.29, 1.82) is 0 Å². The zero-order chi connectivity index (χ0) is 12.8. The van der Waals surface area contributed by atoms with Crippen LogP contribution in [0.3, 0.4) is 0 Å². The van der Waals surface area contributed by atoms with Crippen molar-refractivity contribution in [2.75, 3.05) is 39.3 Å². The van der Waals surface area contributed by atoms with E-state index in [0.29, 0.717) is 12.5 Å². The van der Waals surface area contributed by atoms with Crippen LogP contribution in [0, 0.1) is 11.8 Å². The Hall–Kier alpha value is -0.610. The molecule has 0 aromatic heterocycles. The van der Waals surface area contributed by atoms with Crippen LogP contribution in [0.4, 0.5) is 0 Å². The van der Waals surface area contributed by atoms with Gasteiger partial charge < -0.3 is 10.6 Å². The largest absolute Gasteiger partial charge is 0.355 e. The topological polar surface area (TPSA) is 44.4 Å². The quantitative estimate of drug-likeness (QED) is 0.780. The summed E-state index contributed by atoms with van der Waals surface area (Å²) in [6.07, 6.45) is 5.32. The second-order valence-corrected chi connectivity index (χ2v) is 5.85. The third kappa shape index (κ3) is 4.25. The van der Waals surface area contributed by atoms with E-state index in [1.807, 2.05) is 0 Å². The van der Waals surface area contributed by atoms with Gasteiger partial charge in [0.05, 0.1) is 6.54 Å². The first kappa shape index (κ1) is 13.8. The zero-order valence-electron chi connectivity index (χ0n) is 11.6. The lowest BCUT2D eigenvalue weighted by molar-refractivity contribution is -0.122. The predicted molar refractivity (Wildman–Crippen MR) is 73.4 cm³/mol. The third-order valence-corrected chi connectivity index (χ3v) is 4.43. The fraction of sp³-hybridized carbons (Fsp3) is 0.929. The molecule has 2 aliphatic rings. The Morgan fingerprint density at radius 1 is 1.28 bits per heavy atom. The summed E-state index contributed by atoms with van der Waals surface area (Å²) in [4.78, 5) is 14.1. The monoisotopic (exact) mass is 253 g/mol. The zero-order valence-corrected chi connectivity index (χ0v) is 11.6. The number of carbonyl (C=O) groups is 1. The van der Waals surface area contributed by atoms with E-state index in [1.54, 1.807) is 0 Å². The smallest absolute Gasteiger partial charge is 0.234 e. The minimum absolute atomic E-state index is 0.203. The normalized spacial score (nSPS) is 30.1. The molecule has 1 amide bonds. The van der Waals surface area contributed by atoms with Crippen LogP contribution >= 0.6 is 0 Å². The molecule has 0 bridgehead atoms. The summed E-state index contributed by atoms with van der Waals surface area (Å²) in [6, 6.07) is 0. The minimum atomic E-state index is 0.203. The highest BCUT2D eigenvalue weighted by molar-refractivity contribution is 5.78. The van der Waals surface area contributed by atoms with Crippen molar-refractivity contribution in [3.63, 3.8) is 0 Å². The van der Waals surface area contributed by atoms with E-state index in [9.17, 15) is 4.79 Å². The molecule has 1 saturated heterocycles. The van der Waals surface area contributed by atoms with E-state index in [-0.39, 0.29) is 5.91 Å². The first-order valence-corrected chi connectivity index (χ1v) is 7.45. The molecule has 2 atom stereocenters. The van der Waals surface area contributed by atoms with Gasteiger partial charge in [0.25, 0.3) is 0 Å². The highest BCUT2D eigenvalue weighted by Gasteiger charge is 2.22. The summed E-state index contributed by atoms with van der Waals surface area (Å²) in [5.41, 5.74) is 0. The Morgan fingerprint density at radius 3 is 2.72 bits per heavy atom. The van der Waals surface area contributed by atoms with Crippen LogP contribution in [0.25, 0.3) is 0 Å². The minimum Gasteiger partial charge on any atom is -0.355 e. The number of carbonyl (C=O) groups excluding carboxylic acids is 1. The first-order valence-electron chi connectivity index (χ1n) is 7.45. The first-order chi connectivity index (χ1) is 8.75. The van der Waals surface area contributed by atoms with Crippen LogP contribution in [0.2, 0.25) is 0 Å². The molecule has 1 heterocycles. The van der Waals surface area contributed by atoms with Gasteiger partial charge in [0.15, 0.2) is 0 Å². The number of nitrogens with zero attached hydrogens (tertiary/aromatic N) is 1. The molecule has 0 aromatic rings. The van der Waals surface area contributed by atoms with Gasteiger partial charge in [0.2, 0.25) is 5.91 Å². The lowest BCUT2D eigenvalue weighted by Crippen LogP contribution is -2.48. The molecule has 0 spiro atoms. The second kappa shape index (κ2) is 7.10. The van der Waals surface area contributed by atoms with Gasteiger partial charge in [-0.25, -0.2) is 0 Å². The molecule has 2 fully saturated rings. The Bertz CT molecular complexity index is 264. The predicted octanol–water partition coefficient (Wildman–Crippen LogP) is 0.834. The van der Waals surface area contributed by atoms with Gasteiger partial charge in [-0.05, 0) is 18.3 Å². The van der Waals surface area contributed by atoms with Crippen molar-refractivity contribution < 1.29 is 4.79 Å². The molecule has 0 aromatic carbocycles. The van der Waals surface area contributed by atoms with E-state index in [4.69, 9.17) is 0 Å². The van der Waals surface area contributed by atoms with E-state index < -0.39 is 0 Å². The third-order valence-electron chi connectivity index (χ3n) is 4.43. The summed E-state index contributed by atoms with van der Waals surface area (Å²) in [6.45, 7) is 7.78. The molecule has 2 N–H and O–H groups in total. The lowest BCUT2D eigenvalue weighted by atomic mass is 9.80. The molecule has 1 aliphatic heterocycles. The SMILES string of the molecule is CC1CCCCC1CNC(=O)CN1CCNCC1. The fourth-order valence-corrected chi connectivity index (χ4v) is 3.07. The van der Waals surface area contributed by atoms with Gasteiger partial charge in [-0.15, -0.1) is 0 Å². The molecule has 4 heteroatoms. The molecule has 0 radical (unpaired) electrons. The summed E-state index contributed by atoms with van der Waals surface area (Å²) in [5.74, 6) is 1.68. The standard InChI is InChI=1S/C14H27N3O/c1-12-4-2-3-5-13(12)10-16-14(18)11-17-8-6-15-7-9-17/h12-13,15H,2-11H2,1H3,(H,16,18). The molecule has 104 valence electrons. The van der Waals surface area contributed by atoms with Crippen molar-refractivity contribution in [3.8, 4) is 0 Å². The maximum absolute atomic E-state index is 11.9. The number of piperazine rings is 1. The fourth-order valence-electron chi connectivity index (χ4n) is 3.07. The van der Waals surface area contributed by atoms with Crippen molar-refractivity contribution >= 4 is 5.91 Å². The number of hydrogen-bond donors (Lipinski definition) is 2. The Balaban J connectivity index is 1.64. The number of nitrogens with one attached hydrogen (secondary N) is 2. The van der Waals surface area contributed by atoms with Crippen molar-refractivity contribution in [1.82, 2.24) is 15.5 Å². The van der Waals surface area contributed by atoms with E-state index >= 15 is 0 Å². The van der Waals surface area contributed by atoms with Crippen LogP contribution in [-0.2, 0) is 4.79 Å². The van der Waals surface area contributed by atoms with Crippen LogP contribution in [-0.4, -0.2) is 50.1 Å². The molecule has 4 nitrogen and oxygen atoms in total. The van der Waals surface area contributed by atoms with Crippen LogP contribution in [0.5, 0.6) is 0 Å². The average Bonchev–Trinajstić information content (AvgIpc) is 2.39. The van der Waals surface area contributed by atoms with Gasteiger partial charge in [0.1, 0.15) is 0 Å². The van der Waals surface area contributed by atoms with Gasteiger partial charge in [-0.2, -0.15) is 0 Å². The number of hydrogen-bond acceptors (Lipinski definition) is 3. The van der Waals surface area contributed by atoms with E-state index in [1.165, 1.54) is 25.7 Å². The summed E-state index contributed by atoms with van der Waals surface area (Å²) >= 11 is 0. The van der Waals surface area contributed by atoms with Crippen molar-refractivity contribution in [2.45, 2.75) is 32.6 Å². The summed E-state index contributed by atoms with van der Waals surface area (Å²) in [7, 11) is 0. The molecule has 1 aliphatic carbocycles. The number of rotatable bonds is 4. The molecule has 18 heavy (non-hydrogen) atoms. The van der Waals surface area contributed by atoms with Crippen LogP contribution < -0.4 is 10.6 Å². The Kier molecular flexibility index (Phi) is 5.45. The highest BCUT2D eigenvalue weighted by Crippen LogP contribution is 2.28. The summed E-state index contributed by atoms with van der Waals surface area (Å²) in [5, 5.41) is 6.43. The van der Waals surface area contributed by atoms with Crippen LogP contribution in [0.1, 0.15) is 32.6 Å². The number of amides is 1. The second-order valence-electron chi connectivity index (χ2n) is 5.85.